The molecule has 3 rings (SSSR count). The number of nitrogens with one attached hydrogen (secondary N) is 2. The molecular formula is C27H26N2O6S. The second-order valence-electron chi connectivity index (χ2n) is 8.23. The maximum Gasteiger partial charge on any atom is 0.336 e. The van der Waals surface area contributed by atoms with Gasteiger partial charge in [-0.05, 0) is 79.9 Å². The first-order valence-electron chi connectivity index (χ1n) is 11.1. The van der Waals surface area contributed by atoms with Crippen molar-refractivity contribution in [1.29, 1.82) is 0 Å². The van der Waals surface area contributed by atoms with E-state index in [1.54, 1.807) is 18.2 Å². The Bertz CT molecular complexity index is 1320. The van der Waals surface area contributed by atoms with E-state index in [4.69, 9.17) is 5.11 Å². The molecule has 0 aromatic heterocycles. The first kappa shape index (κ1) is 26.5. The van der Waals surface area contributed by atoms with Crippen molar-refractivity contribution >= 4 is 46.9 Å². The van der Waals surface area contributed by atoms with Crippen LogP contribution in [0.5, 0.6) is 0 Å². The van der Waals surface area contributed by atoms with E-state index >= 15 is 0 Å². The van der Waals surface area contributed by atoms with Crippen LogP contribution < -0.4 is 10.6 Å². The van der Waals surface area contributed by atoms with Crippen molar-refractivity contribution in [3.63, 3.8) is 0 Å². The van der Waals surface area contributed by atoms with Gasteiger partial charge in [0, 0.05) is 16.3 Å². The van der Waals surface area contributed by atoms with Gasteiger partial charge < -0.3 is 20.8 Å². The summed E-state index contributed by atoms with van der Waals surface area (Å²) in [7, 11) is 0. The van der Waals surface area contributed by atoms with E-state index in [2.05, 4.69) is 10.6 Å². The molecule has 3 aromatic carbocycles. The van der Waals surface area contributed by atoms with Gasteiger partial charge in [-0.25, -0.2) is 9.59 Å². The van der Waals surface area contributed by atoms with Gasteiger partial charge in [0.1, 0.15) is 0 Å². The van der Waals surface area contributed by atoms with Crippen molar-refractivity contribution in [3.05, 3.63) is 88.5 Å². The Morgan fingerprint density at radius 3 is 2.11 bits per heavy atom. The average Bonchev–Trinajstić information content (AvgIpc) is 2.81. The number of rotatable bonds is 9. The summed E-state index contributed by atoms with van der Waals surface area (Å²) in [5, 5.41) is 23.8. The number of anilines is 2. The second kappa shape index (κ2) is 11.5. The van der Waals surface area contributed by atoms with E-state index in [9.17, 15) is 24.3 Å². The number of thioether (sulfide) groups is 1. The van der Waals surface area contributed by atoms with Crippen LogP contribution in [0.15, 0.2) is 65.6 Å². The molecule has 0 fully saturated rings. The SMILES string of the molecule is CCC(Sc1cccc(NC(=O)c2ccc(C(=O)O)cc2C(=O)O)c1)C(=O)Nc1cc(C)cc(C)c1. The Hall–Kier alpha value is -4.11. The summed E-state index contributed by atoms with van der Waals surface area (Å²) in [6.45, 7) is 5.85. The molecule has 0 saturated heterocycles. The average molecular weight is 507 g/mol. The maximum atomic E-state index is 12.9. The Morgan fingerprint density at radius 2 is 1.50 bits per heavy atom. The summed E-state index contributed by atoms with van der Waals surface area (Å²) in [4.78, 5) is 49.2. The molecule has 0 heterocycles. The van der Waals surface area contributed by atoms with Crippen LogP contribution in [0.1, 0.15) is 55.5 Å². The number of aromatic carboxylic acids is 2. The molecule has 0 radical (unpaired) electrons. The van der Waals surface area contributed by atoms with Gasteiger partial charge in [-0.3, -0.25) is 9.59 Å². The molecule has 0 aliphatic heterocycles. The molecule has 8 nitrogen and oxygen atoms in total. The highest BCUT2D eigenvalue weighted by Gasteiger charge is 2.21. The minimum absolute atomic E-state index is 0.133. The lowest BCUT2D eigenvalue weighted by Crippen LogP contribution is -2.24. The van der Waals surface area contributed by atoms with Crippen LogP contribution in [-0.2, 0) is 4.79 Å². The van der Waals surface area contributed by atoms with Crippen LogP contribution in [0, 0.1) is 13.8 Å². The minimum atomic E-state index is -1.41. The maximum absolute atomic E-state index is 12.9. The molecular weight excluding hydrogens is 480 g/mol. The molecule has 0 saturated carbocycles. The number of carbonyl (C=O) groups is 4. The third-order valence-electron chi connectivity index (χ3n) is 5.26. The van der Waals surface area contributed by atoms with Crippen molar-refractivity contribution in [2.75, 3.05) is 10.6 Å². The number of hydrogen-bond donors (Lipinski definition) is 4. The van der Waals surface area contributed by atoms with Gasteiger partial charge in [-0.15, -0.1) is 11.8 Å². The third kappa shape index (κ3) is 6.73. The molecule has 186 valence electrons. The van der Waals surface area contributed by atoms with Crippen molar-refractivity contribution < 1.29 is 29.4 Å². The second-order valence-corrected chi connectivity index (χ2v) is 9.51. The van der Waals surface area contributed by atoms with Gasteiger partial charge in [0.15, 0.2) is 0 Å². The van der Waals surface area contributed by atoms with E-state index in [-0.39, 0.29) is 22.3 Å². The highest BCUT2D eigenvalue weighted by atomic mass is 32.2. The lowest BCUT2D eigenvalue weighted by molar-refractivity contribution is -0.115. The van der Waals surface area contributed by atoms with Gasteiger partial charge in [-0.1, -0.05) is 19.1 Å². The van der Waals surface area contributed by atoms with E-state index < -0.39 is 23.4 Å². The first-order valence-corrected chi connectivity index (χ1v) is 12.0. The quantitative estimate of drug-likeness (QED) is 0.283. The summed E-state index contributed by atoms with van der Waals surface area (Å²) in [6.07, 6.45) is 0.579. The smallest absolute Gasteiger partial charge is 0.336 e. The Morgan fingerprint density at radius 1 is 0.806 bits per heavy atom. The number of carboxylic acid groups (broad SMARTS) is 2. The van der Waals surface area contributed by atoms with E-state index in [0.717, 1.165) is 27.8 Å². The Labute approximate surface area is 212 Å². The molecule has 0 aliphatic carbocycles. The highest BCUT2D eigenvalue weighted by Crippen LogP contribution is 2.29. The fraction of sp³-hybridized carbons (Fsp3) is 0.185. The summed E-state index contributed by atoms with van der Waals surface area (Å²) in [5.41, 5.74) is 2.45. The van der Waals surface area contributed by atoms with Gasteiger partial charge in [-0.2, -0.15) is 0 Å². The lowest BCUT2D eigenvalue weighted by atomic mass is 10.0. The van der Waals surface area contributed by atoms with E-state index in [1.165, 1.54) is 23.9 Å². The predicted molar refractivity (Wildman–Crippen MR) is 139 cm³/mol. The third-order valence-corrected chi connectivity index (χ3v) is 6.62. The molecule has 0 bridgehead atoms. The largest absolute Gasteiger partial charge is 0.478 e. The fourth-order valence-electron chi connectivity index (χ4n) is 3.65. The van der Waals surface area contributed by atoms with E-state index in [0.29, 0.717) is 12.1 Å². The molecule has 9 heteroatoms. The van der Waals surface area contributed by atoms with Crippen LogP contribution in [0.2, 0.25) is 0 Å². The molecule has 2 amide bonds. The monoisotopic (exact) mass is 506 g/mol. The van der Waals surface area contributed by atoms with Crippen LogP contribution >= 0.6 is 11.8 Å². The standard InChI is InChI=1S/C27H26N2O6S/c1-4-23(25(31)29-19-11-15(2)10-16(3)12-19)36-20-7-5-6-18(14-20)28-24(30)21-9-8-17(26(32)33)13-22(21)27(34)35/h5-14,23H,4H2,1-3H3,(H,28,30)(H,29,31)(H,32,33)(H,34,35). The number of aryl methyl sites for hydroxylation is 2. The van der Waals surface area contributed by atoms with Crippen LogP contribution in [0.4, 0.5) is 11.4 Å². The molecule has 0 aliphatic rings. The van der Waals surface area contributed by atoms with E-state index in [1.807, 2.05) is 45.0 Å². The Kier molecular flexibility index (Phi) is 8.50. The summed E-state index contributed by atoms with van der Waals surface area (Å²) >= 11 is 1.35. The van der Waals surface area contributed by atoms with Crippen LogP contribution in [0.25, 0.3) is 0 Å². The zero-order valence-corrected chi connectivity index (χ0v) is 20.8. The number of amides is 2. The summed E-state index contributed by atoms with van der Waals surface area (Å²) < 4.78 is 0. The molecule has 1 unspecified atom stereocenters. The van der Waals surface area contributed by atoms with Gasteiger partial charge >= 0.3 is 11.9 Å². The molecule has 1 atom stereocenters. The first-order chi connectivity index (χ1) is 17.1. The van der Waals surface area contributed by atoms with Crippen molar-refractivity contribution in [3.8, 4) is 0 Å². The lowest BCUT2D eigenvalue weighted by Gasteiger charge is -2.16. The van der Waals surface area contributed by atoms with Gasteiger partial charge in [0.25, 0.3) is 5.91 Å². The van der Waals surface area contributed by atoms with Gasteiger partial charge in [0.2, 0.25) is 5.91 Å². The molecule has 3 aromatic rings. The number of benzene rings is 3. The topological polar surface area (TPSA) is 133 Å². The van der Waals surface area contributed by atoms with Crippen LogP contribution in [-0.4, -0.2) is 39.2 Å². The Balaban J connectivity index is 1.74. The minimum Gasteiger partial charge on any atom is -0.478 e. The number of hydrogen-bond acceptors (Lipinski definition) is 5. The molecule has 0 spiro atoms. The highest BCUT2D eigenvalue weighted by molar-refractivity contribution is 8.00. The predicted octanol–water partition coefficient (Wildman–Crippen LogP) is 5.46. The summed E-state index contributed by atoms with van der Waals surface area (Å²) in [6, 6.07) is 16.0. The summed E-state index contributed by atoms with van der Waals surface area (Å²) in [5.74, 6) is -3.52. The number of carbonyl (C=O) groups excluding carboxylic acids is 2. The normalized spacial score (nSPS) is 11.4. The van der Waals surface area contributed by atoms with Gasteiger partial charge in [0.05, 0.1) is 21.9 Å². The fourth-order valence-corrected chi connectivity index (χ4v) is 4.67. The molecule has 4 N–H and O–H groups in total. The zero-order valence-electron chi connectivity index (χ0n) is 20.0. The van der Waals surface area contributed by atoms with Crippen LogP contribution in [0.3, 0.4) is 0 Å². The molecule has 36 heavy (non-hydrogen) atoms. The van der Waals surface area contributed by atoms with Crippen molar-refractivity contribution in [2.45, 2.75) is 37.3 Å². The van der Waals surface area contributed by atoms with Crippen molar-refractivity contribution in [2.24, 2.45) is 0 Å². The zero-order chi connectivity index (χ0) is 26.4. The number of carboxylic acids is 2. The van der Waals surface area contributed by atoms with Crippen molar-refractivity contribution in [1.82, 2.24) is 0 Å².